The van der Waals surface area contributed by atoms with Crippen LogP contribution in [0, 0.1) is 5.92 Å². The quantitative estimate of drug-likeness (QED) is 0.755. The van der Waals surface area contributed by atoms with Gasteiger partial charge in [0.2, 0.25) is 0 Å². The van der Waals surface area contributed by atoms with Crippen molar-refractivity contribution in [1.82, 2.24) is 0 Å². The first kappa shape index (κ1) is 10.2. The Hall–Kier alpha value is -1.02. The standard InChI is InChI=1S/C14H19NO/c1-11-9-14(11)12-3-2-4-13(10-12)15-5-7-16-8-6-15/h2-4,10-11,14H,5-9H2,1H3. The van der Waals surface area contributed by atoms with E-state index in [1.807, 2.05) is 0 Å². The zero-order valence-electron chi connectivity index (χ0n) is 9.86. The highest BCUT2D eigenvalue weighted by Crippen LogP contribution is 2.47. The molecule has 0 spiro atoms. The van der Waals surface area contributed by atoms with Gasteiger partial charge in [0.1, 0.15) is 0 Å². The van der Waals surface area contributed by atoms with E-state index in [0.29, 0.717) is 0 Å². The van der Waals surface area contributed by atoms with Gasteiger partial charge in [-0.15, -0.1) is 0 Å². The van der Waals surface area contributed by atoms with E-state index in [1.165, 1.54) is 17.7 Å². The molecule has 0 bridgehead atoms. The second-order valence-corrected chi connectivity index (χ2v) is 5.01. The summed E-state index contributed by atoms with van der Waals surface area (Å²) in [6.07, 6.45) is 1.37. The van der Waals surface area contributed by atoms with Crippen molar-refractivity contribution in [3.63, 3.8) is 0 Å². The van der Waals surface area contributed by atoms with Crippen LogP contribution in [0.3, 0.4) is 0 Å². The lowest BCUT2D eigenvalue weighted by Crippen LogP contribution is -2.36. The van der Waals surface area contributed by atoms with E-state index in [2.05, 4.69) is 36.1 Å². The number of nitrogens with zero attached hydrogens (tertiary/aromatic N) is 1. The number of rotatable bonds is 2. The monoisotopic (exact) mass is 217 g/mol. The van der Waals surface area contributed by atoms with Crippen LogP contribution < -0.4 is 4.90 Å². The molecule has 1 aromatic carbocycles. The zero-order chi connectivity index (χ0) is 11.0. The summed E-state index contributed by atoms with van der Waals surface area (Å²) in [6.45, 7) is 6.13. The Balaban J connectivity index is 1.78. The van der Waals surface area contributed by atoms with E-state index in [4.69, 9.17) is 4.74 Å². The average molecular weight is 217 g/mol. The summed E-state index contributed by atoms with van der Waals surface area (Å²) in [6, 6.07) is 9.07. The Labute approximate surface area is 97.2 Å². The zero-order valence-corrected chi connectivity index (χ0v) is 9.86. The number of benzene rings is 1. The second kappa shape index (κ2) is 4.10. The van der Waals surface area contributed by atoms with Crippen molar-refractivity contribution in [1.29, 1.82) is 0 Å². The second-order valence-electron chi connectivity index (χ2n) is 5.01. The molecule has 2 aliphatic rings. The maximum absolute atomic E-state index is 5.39. The molecule has 1 aliphatic carbocycles. The van der Waals surface area contributed by atoms with Gasteiger partial charge in [-0.1, -0.05) is 19.1 Å². The SMILES string of the molecule is CC1CC1c1cccc(N2CCOCC2)c1. The molecular formula is C14H19NO. The smallest absolute Gasteiger partial charge is 0.0642 e. The normalized spacial score (nSPS) is 29.2. The molecule has 2 heteroatoms. The third kappa shape index (κ3) is 1.94. The molecule has 2 fully saturated rings. The van der Waals surface area contributed by atoms with Crippen molar-refractivity contribution in [3.8, 4) is 0 Å². The number of hydrogen-bond donors (Lipinski definition) is 0. The molecule has 2 nitrogen and oxygen atoms in total. The average Bonchev–Trinajstić information content (AvgIpc) is 3.08. The summed E-state index contributed by atoms with van der Waals surface area (Å²) in [7, 11) is 0. The van der Waals surface area contributed by atoms with Crippen molar-refractivity contribution in [2.75, 3.05) is 31.2 Å². The summed E-state index contributed by atoms with van der Waals surface area (Å²) in [4.78, 5) is 2.43. The van der Waals surface area contributed by atoms with Crippen molar-refractivity contribution in [2.24, 2.45) is 5.92 Å². The van der Waals surface area contributed by atoms with Crippen molar-refractivity contribution in [2.45, 2.75) is 19.3 Å². The van der Waals surface area contributed by atoms with Crippen molar-refractivity contribution in [3.05, 3.63) is 29.8 Å². The first-order valence-corrected chi connectivity index (χ1v) is 6.27. The maximum atomic E-state index is 5.39. The van der Waals surface area contributed by atoms with Crippen LogP contribution in [0.1, 0.15) is 24.8 Å². The van der Waals surface area contributed by atoms with Gasteiger partial charge in [0.25, 0.3) is 0 Å². The number of hydrogen-bond acceptors (Lipinski definition) is 2. The third-order valence-corrected chi connectivity index (χ3v) is 3.78. The van der Waals surface area contributed by atoms with Crippen LogP contribution in [-0.2, 0) is 4.74 Å². The fourth-order valence-electron chi connectivity index (χ4n) is 2.56. The molecule has 1 saturated heterocycles. The molecule has 0 radical (unpaired) electrons. The van der Waals surface area contributed by atoms with Gasteiger partial charge in [-0.3, -0.25) is 0 Å². The van der Waals surface area contributed by atoms with Gasteiger partial charge in [0, 0.05) is 18.8 Å². The van der Waals surface area contributed by atoms with Crippen LogP contribution in [0.25, 0.3) is 0 Å². The van der Waals surface area contributed by atoms with Crippen LogP contribution in [0.4, 0.5) is 5.69 Å². The molecular weight excluding hydrogens is 198 g/mol. The highest BCUT2D eigenvalue weighted by atomic mass is 16.5. The molecule has 0 amide bonds. The molecule has 0 aromatic heterocycles. The van der Waals surface area contributed by atoms with E-state index < -0.39 is 0 Å². The summed E-state index contributed by atoms with van der Waals surface area (Å²) < 4.78 is 5.39. The summed E-state index contributed by atoms with van der Waals surface area (Å²) in [5.74, 6) is 1.71. The molecule has 2 atom stereocenters. The Kier molecular flexibility index (Phi) is 2.60. The predicted octanol–water partition coefficient (Wildman–Crippen LogP) is 2.65. The van der Waals surface area contributed by atoms with Gasteiger partial charge < -0.3 is 9.64 Å². The fraction of sp³-hybridized carbons (Fsp3) is 0.571. The van der Waals surface area contributed by atoms with E-state index in [9.17, 15) is 0 Å². The van der Waals surface area contributed by atoms with E-state index in [1.54, 1.807) is 0 Å². The number of anilines is 1. The van der Waals surface area contributed by atoms with Crippen molar-refractivity contribution >= 4 is 5.69 Å². The maximum Gasteiger partial charge on any atom is 0.0642 e. The first-order chi connectivity index (χ1) is 7.84. The van der Waals surface area contributed by atoms with Crippen LogP contribution in [0.2, 0.25) is 0 Å². The highest BCUT2D eigenvalue weighted by Gasteiger charge is 2.34. The van der Waals surface area contributed by atoms with E-state index >= 15 is 0 Å². The Bertz CT molecular complexity index is 371. The lowest BCUT2D eigenvalue weighted by atomic mass is 10.1. The first-order valence-electron chi connectivity index (χ1n) is 6.27. The Morgan fingerprint density at radius 2 is 2.00 bits per heavy atom. The number of ether oxygens (including phenoxy) is 1. The molecule has 1 aliphatic heterocycles. The molecule has 2 unspecified atom stereocenters. The van der Waals surface area contributed by atoms with Crippen molar-refractivity contribution < 1.29 is 4.74 Å². The summed E-state index contributed by atoms with van der Waals surface area (Å²) in [5.41, 5.74) is 2.90. The largest absolute Gasteiger partial charge is 0.378 e. The van der Waals surface area contributed by atoms with E-state index in [0.717, 1.165) is 38.1 Å². The minimum Gasteiger partial charge on any atom is -0.378 e. The fourth-order valence-corrected chi connectivity index (χ4v) is 2.56. The minimum atomic E-state index is 0.820. The van der Waals surface area contributed by atoms with Gasteiger partial charge in [-0.05, 0) is 36.0 Å². The predicted molar refractivity (Wildman–Crippen MR) is 66.0 cm³/mol. The Morgan fingerprint density at radius 1 is 1.25 bits per heavy atom. The molecule has 86 valence electrons. The van der Waals surface area contributed by atoms with E-state index in [-0.39, 0.29) is 0 Å². The summed E-state index contributed by atoms with van der Waals surface area (Å²) in [5, 5.41) is 0. The van der Waals surface area contributed by atoms with Crippen LogP contribution in [0.15, 0.2) is 24.3 Å². The molecule has 1 aromatic rings. The van der Waals surface area contributed by atoms with Gasteiger partial charge in [0.05, 0.1) is 13.2 Å². The Morgan fingerprint density at radius 3 is 2.69 bits per heavy atom. The molecule has 3 rings (SSSR count). The molecule has 1 heterocycles. The molecule has 0 N–H and O–H groups in total. The van der Waals surface area contributed by atoms with Crippen LogP contribution in [-0.4, -0.2) is 26.3 Å². The minimum absolute atomic E-state index is 0.820. The van der Waals surface area contributed by atoms with Gasteiger partial charge in [-0.2, -0.15) is 0 Å². The topological polar surface area (TPSA) is 12.5 Å². The number of morpholine rings is 1. The van der Waals surface area contributed by atoms with Crippen LogP contribution in [0.5, 0.6) is 0 Å². The molecule has 16 heavy (non-hydrogen) atoms. The van der Waals surface area contributed by atoms with Gasteiger partial charge >= 0.3 is 0 Å². The highest BCUT2D eigenvalue weighted by molar-refractivity contribution is 5.50. The lowest BCUT2D eigenvalue weighted by molar-refractivity contribution is 0.122. The van der Waals surface area contributed by atoms with Crippen LogP contribution >= 0.6 is 0 Å². The van der Waals surface area contributed by atoms with Gasteiger partial charge in [0.15, 0.2) is 0 Å². The summed E-state index contributed by atoms with van der Waals surface area (Å²) >= 11 is 0. The van der Waals surface area contributed by atoms with Gasteiger partial charge in [-0.25, -0.2) is 0 Å². The lowest BCUT2D eigenvalue weighted by Gasteiger charge is -2.29. The molecule has 1 saturated carbocycles. The third-order valence-electron chi connectivity index (χ3n) is 3.78.